The fourth-order valence-corrected chi connectivity index (χ4v) is 6.83. The smallest absolute Gasteiger partial charge is 0.254 e. The Labute approximate surface area is 249 Å². The first-order chi connectivity index (χ1) is 20.5. The summed E-state index contributed by atoms with van der Waals surface area (Å²) >= 11 is 0. The van der Waals surface area contributed by atoms with Gasteiger partial charge in [-0.3, -0.25) is 4.79 Å². The predicted molar refractivity (Wildman–Crippen MR) is 170 cm³/mol. The number of benzene rings is 3. The molecule has 1 aromatic heterocycles. The highest BCUT2D eigenvalue weighted by Crippen LogP contribution is 2.40. The average Bonchev–Trinajstić information content (AvgIpc) is 3.31. The van der Waals surface area contributed by atoms with E-state index in [2.05, 4.69) is 54.1 Å². The minimum atomic E-state index is 0.125. The molecule has 6 rings (SSSR count). The van der Waals surface area contributed by atoms with Gasteiger partial charge in [-0.2, -0.15) is 0 Å². The first-order valence-corrected chi connectivity index (χ1v) is 15.6. The minimum absolute atomic E-state index is 0.125. The van der Waals surface area contributed by atoms with Gasteiger partial charge < -0.3 is 24.6 Å². The maximum Gasteiger partial charge on any atom is 0.254 e. The fraction of sp³-hybridized carbons (Fsp3) is 0.417. The van der Waals surface area contributed by atoms with E-state index in [1.165, 1.54) is 50.0 Å². The third-order valence-electron chi connectivity index (χ3n) is 8.76. The number of rotatable bonds is 10. The molecule has 0 atom stereocenters. The van der Waals surface area contributed by atoms with Crippen molar-refractivity contribution in [2.45, 2.75) is 58.9 Å². The summed E-state index contributed by atoms with van der Waals surface area (Å²) in [5.74, 6) is 0.447. The van der Waals surface area contributed by atoms with Crippen molar-refractivity contribution in [2.24, 2.45) is 0 Å². The monoisotopic (exact) mass is 565 g/mol. The highest BCUT2D eigenvalue weighted by Gasteiger charge is 2.27. The fourth-order valence-electron chi connectivity index (χ4n) is 6.83. The highest BCUT2D eigenvalue weighted by atomic mass is 16.5. The van der Waals surface area contributed by atoms with Gasteiger partial charge in [-0.25, -0.2) is 0 Å². The molecule has 4 aromatic rings. The van der Waals surface area contributed by atoms with Gasteiger partial charge in [-0.05, 0) is 124 Å². The number of amides is 1. The second-order valence-electron chi connectivity index (χ2n) is 12.0. The second-order valence-corrected chi connectivity index (χ2v) is 12.0. The number of carbonyl (C=O) groups excluding carboxylic acids is 1. The van der Waals surface area contributed by atoms with Crippen molar-refractivity contribution >= 4 is 16.8 Å². The maximum absolute atomic E-state index is 13.6. The van der Waals surface area contributed by atoms with Gasteiger partial charge in [0.15, 0.2) is 0 Å². The molecule has 6 heteroatoms. The Kier molecular flexibility index (Phi) is 8.63. The zero-order valence-corrected chi connectivity index (χ0v) is 25.0. The number of hydrogen-bond donors (Lipinski definition) is 2. The van der Waals surface area contributed by atoms with Crippen molar-refractivity contribution in [3.63, 3.8) is 0 Å². The number of aromatic nitrogens is 1. The van der Waals surface area contributed by atoms with Crippen LogP contribution in [0.15, 0.2) is 54.6 Å². The molecule has 42 heavy (non-hydrogen) atoms. The number of nitrogens with one attached hydrogen (secondary N) is 1. The molecule has 1 fully saturated rings. The lowest BCUT2D eigenvalue weighted by Gasteiger charge is -2.27. The molecule has 6 nitrogen and oxygen atoms in total. The first kappa shape index (κ1) is 28.5. The average molecular weight is 566 g/mol. The van der Waals surface area contributed by atoms with E-state index < -0.39 is 0 Å². The number of aromatic hydroxyl groups is 1. The maximum atomic E-state index is 13.6. The summed E-state index contributed by atoms with van der Waals surface area (Å²) in [6, 6.07) is 18.8. The van der Waals surface area contributed by atoms with Crippen molar-refractivity contribution in [3.8, 4) is 17.0 Å². The molecule has 0 unspecified atom stereocenters. The lowest BCUT2D eigenvalue weighted by Crippen LogP contribution is -2.40. The Hall–Kier alpha value is -3.61. The van der Waals surface area contributed by atoms with Crippen molar-refractivity contribution < 1.29 is 14.6 Å². The topological polar surface area (TPSA) is 66.7 Å². The molecule has 2 aliphatic rings. The van der Waals surface area contributed by atoms with Crippen LogP contribution in [0.1, 0.15) is 57.4 Å². The van der Waals surface area contributed by atoms with Gasteiger partial charge in [0.1, 0.15) is 5.75 Å². The number of unbranched alkanes of at least 4 members (excludes halogenated alkanes) is 1. The van der Waals surface area contributed by atoms with Crippen LogP contribution in [0.3, 0.4) is 0 Å². The highest BCUT2D eigenvalue weighted by molar-refractivity contribution is 6.02. The van der Waals surface area contributed by atoms with Crippen molar-refractivity contribution in [3.05, 3.63) is 88.0 Å². The van der Waals surface area contributed by atoms with E-state index in [9.17, 15) is 9.90 Å². The molecule has 0 bridgehead atoms. The van der Waals surface area contributed by atoms with Gasteiger partial charge in [-0.1, -0.05) is 29.3 Å². The molecule has 2 aliphatic heterocycles. The van der Waals surface area contributed by atoms with Gasteiger partial charge in [0.25, 0.3) is 5.91 Å². The van der Waals surface area contributed by atoms with Gasteiger partial charge in [0.2, 0.25) is 0 Å². The van der Waals surface area contributed by atoms with E-state index >= 15 is 0 Å². The summed E-state index contributed by atoms with van der Waals surface area (Å²) in [6.07, 6.45) is 6.25. The molecular formula is C36H43N3O3. The largest absolute Gasteiger partial charge is 0.508 e. The number of ether oxygens (including phenoxy) is 1. The van der Waals surface area contributed by atoms with E-state index in [0.717, 1.165) is 63.7 Å². The number of phenols is 1. The van der Waals surface area contributed by atoms with Gasteiger partial charge >= 0.3 is 0 Å². The van der Waals surface area contributed by atoms with E-state index in [-0.39, 0.29) is 5.91 Å². The normalized spacial score (nSPS) is 15.0. The van der Waals surface area contributed by atoms with Gasteiger partial charge in [-0.15, -0.1) is 0 Å². The van der Waals surface area contributed by atoms with Crippen molar-refractivity contribution in [2.75, 3.05) is 39.4 Å². The summed E-state index contributed by atoms with van der Waals surface area (Å²) in [6.45, 7) is 9.77. The molecule has 1 amide bonds. The van der Waals surface area contributed by atoms with E-state index in [1.54, 1.807) is 12.1 Å². The van der Waals surface area contributed by atoms with Crippen LogP contribution in [-0.4, -0.2) is 59.9 Å². The number of hydrogen-bond acceptors (Lipinski definition) is 4. The van der Waals surface area contributed by atoms with Gasteiger partial charge in [0.05, 0.1) is 24.4 Å². The summed E-state index contributed by atoms with van der Waals surface area (Å²) in [5.41, 5.74) is 11.2. The Bertz CT molecular complexity index is 1540. The predicted octanol–water partition coefficient (Wildman–Crippen LogP) is 6.20. The number of aryl methyl sites for hydroxylation is 5. The lowest BCUT2D eigenvalue weighted by atomic mass is 9.96. The van der Waals surface area contributed by atoms with Crippen LogP contribution in [0, 0.1) is 13.8 Å². The Morgan fingerprint density at radius 1 is 0.905 bits per heavy atom. The van der Waals surface area contributed by atoms with E-state index in [4.69, 9.17) is 4.74 Å². The molecular weight excluding hydrogens is 522 g/mol. The molecule has 0 saturated carbocycles. The van der Waals surface area contributed by atoms with Crippen LogP contribution < -0.4 is 5.32 Å². The van der Waals surface area contributed by atoms with Crippen LogP contribution in [0.2, 0.25) is 0 Å². The van der Waals surface area contributed by atoms with Gasteiger partial charge in [0, 0.05) is 30.6 Å². The molecule has 1 saturated heterocycles. The Balaban J connectivity index is 1.26. The second kappa shape index (κ2) is 12.7. The third-order valence-corrected chi connectivity index (χ3v) is 8.76. The number of morpholine rings is 1. The standard InChI is InChI=1S/C36H43N3O3/c1-25-20-26(2)22-29(21-25)35-32(12-14-37-13-4-3-6-27-8-10-31(40)11-9-27)33-24-30(36(41)38-16-18-42-19-17-38)23-28-7-5-15-39(35)34(28)33/h8-11,20-24,37,40H,3-7,12-19H2,1-2H3. The molecule has 2 N–H and O–H groups in total. The summed E-state index contributed by atoms with van der Waals surface area (Å²) in [5, 5.41) is 14.5. The zero-order valence-electron chi connectivity index (χ0n) is 25.0. The molecule has 220 valence electrons. The van der Waals surface area contributed by atoms with Crippen LogP contribution in [0.5, 0.6) is 5.75 Å². The molecule has 0 spiro atoms. The molecule has 3 aromatic carbocycles. The number of phenolic OH excluding ortho intramolecular Hbond substituents is 1. The zero-order chi connectivity index (χ0) is 29.1. The Morgan fingerprint density at radius 2 is 1.67 bits per heavy atom. The third kappa shape index (κ3) is 6.11. The molecule has 3 heterocycles. The van der Waals surface area contributed by atoms with Crippen LogP contribution in [-0.2, 0) is 30.5 Å². The van der Waals surface area contributed by atoms with Crippen LogP contribution >= 0.6 is 0 Å². The summed E-state index contributed by atoms with van der Waals surface area (Å²) in [7, 11) is 0. The van der Waals surface area contributed by atoms with Crippen molar-refractivity contribution in [1.82, 2.24) is 14.8 Å². The van der Waals surface area contributed by atoms with E-state index in [0.29, 0.717) is 32.1 Å². The number of carbonyl (C=O) groups is 1. The van der Waals surface area contributed by atoms with E-state index in [1.807, 2.05) is 17.0 Å². The summed E-state index contributed by atoms with van der Waals surface area (Å²) in [4.78, 5) is 15.6. The first-order valence-electron chi connectivity index (χ1n) is 15.6. The summed E-state index contributed by atoms with van der Waals surface area (Å²) < 4.78 is 8.05. The lowest BCUT2D eigenvalue weighted by molar-refractivity contribution is 0.0303. The van der Waals surface area contributed by atoms with Crippen LogP contribution in [0.4, 0.5) is 0 Å². The Morgan fingerprint density at radius 3 is 2.43 bits per heavy atom. The minimum Gasteiger partial charge on any atom is -0.508 e. The molecule has 0 radical (unpaired) electrons. The quantitative estimate of drug-likeness (QED) is 0.225. The van der Waals surface area contributed by atoms with Crippen molar-refractivity contribution in [1.29, 1.82) is 0 Å². The SMILES string of the molecule is Cc1cc(C)cc(-c2c(CCNCCCCc3ccc(O)cc3)c3cc(C(=O)N4CCOCC4)cc4c3n2CCC4)c1. The number of nitrogens with zero attached hydrogens (tertiary/aromatic N) is 2. The van der Waals surface area contributed by atoms with Crippen LogP contribution in [0.25, 0.3) is 22.2 Å². The molecule has 0 aliphatic carbocycles.